The van der Waals surface area contributed by atoms with Gasteiger partial charge in [-0.25, -0.2) is 0 Å². The molecule has 4 nitrogen and oxygen atoms in total. The minimum Gasteiger partial charge on any atom is -0.411 e. The van der Waals surface area contributed by atoms with Gasteiger partial charge in [-0.05, 0) is 19.4 Å². The standard InChI is InChI=1S/C18H28N2O2/c1-3-4-5-6-7-8-9-14-18(21)19-17-13-11-10-12-16(17)15(2)20-22/h10-13,22H,3-9,14H2,1-2H3,(H,19,21)/b20-15+. The van der Waals surface area contributed by atoms with Gasteiger partial charge in [0.15, 0.2) is 0 Å². The van der Waals surface area contributed by atoms with E-state index in [9.17, 15) is 4.79 Å². The second kappa shape index (κ2) is 10.8. The Morgan fingerprint density at radius 1 is 1.09 bits per heavy atom. The molecule has 0 heterocycles. The minimum atomic E-state index is 0.0201. The Morgan fingerprint density at radius 3 is 2.41 bits per heavy atom. The van der Waals surface area contributed by atoms with E-state index in [-0.39, 0.29) is 5.91 Å². The van der Waals surface area contributed by atoms with Crippen molar-refractivity contribution in [1.82, 2.24) is 0 Å². The number of para-hydroxylation sites is 1. The van der Waals surface area contributed by atoms with Crippen molar-refractivity contribution in [3.63, 3.8) is 0 Å². The molecule has 1 aromatic carbocycles. The molecule has 0 saturated carbocycles. The van der Waals surface area contributed by atoms with Crippen molar-refractivity contribution in [2.45, 2.75) is 65.2 Å². The van der Waals surface area contributed by atoms with Crippen molar-refractivity contribution in [1.29, 1.82) is 0 Å². The summed E-state index contributed by atoms with van der Waals surface area (Å²) >= 11 is 0. The van der Waals surface area contributed by atoms with E-state index in [1.165, 1.54) is 32.1 Å². The van der Waals surface area contributed by atoms with Gasteiger partial charge in [0.25, 0.3) is 0 Å². The maximum absolute atomic E-state index is 12.0. The van der Waals surface area contributed by atoms with Gasteiger partial charge in [0.2, 0.25) is 5.91 Å². The van der Waals surface area contributed by atoms with Crippen LogP contribution in [-0.2, 0) is 4.79 Å². The lowest BCUT2D eigenvalue weighted by Gasteiger charge is -2.10. The highest BCUT2D eigenvalue weighted by Gasteiger charge is 2.08. The highest BCUT2D eigenvalue weighted by molar-refractivity contribution is 6.06. The molecule has 0 unspecified atom stereocenters. The largest absolute Gasteiger partial charge is 0.411 e. The summed E-state index contributed by atoms with van der Waals surface area (Å²) in [5.74, 6) is 0.0201. The van der Waals surface area contributed by atoms with Crippen LogP contribution in [0.5, 0.6) is 0 Å². The predicted molar refractivity (Wildman–Crippen MR) is 91.7 cm³/mol. The average Bonchev–Trinajstić information content (AvgIpc) is 2.54. The maximum atomic E-state index is 12.0. The van der Waals surface area contributed by atoms with E-state index in [2.05, 4.69) is 17.4 Å². The smallest absolute Gasteiger partial charge is 0.224 e. The molecule has 1 rings (SSSR count). The summed E-state index contributed by atoms with van der Waals surface area (Å²) in [7, 11) is 0. The molecule has 0 spiro atoms. The topological polar surface area (TPSA) is 61.7 Å². The van der Waals surface area contributed by atoms with Crippen LogP contribution in [0.4, 0.5) is 5.69 Å². The third kappa shape index (κ3) is 6.74. The molecule has 0 aliphatic rings. The Bertz CT molecular complexity index is 484. The van der Waals surface area contributed by atoms with Gasteiger partial charge in [0.05, 0.1) is 5.71 Å². The van der Waals surface area contributed by atoms with E-state index in [0.717, 1.165) is 18.4 Å². The SMILES string of the molecule is CCCCCCCCCC(=O)Nc1ccccc1/C(C)=N/O. The first-order valence-corrected chi connectivity index (χ1v) is 8.27. The molecule has 0 aliphatic carbocycles. The first-order chi connectivity index (χ1) is 10.7. The molecule has 0 aliphatic heterocycles. The van der Waals surface area contributed by atoms with Crippen molar-refractivity contribution >= 4 is 17.3 Å². The van der Waals surface area contributed by atoms with Crippen LogP contribution in [0.3, 0.4) is 0 Å². The van der Waals surface area contributed by atoms with E-state index < -0.39 is 0 Å². The fraction of sp³-hybridized carbons (Fsp3) is 0.556. The lowest BCUT2D eigenvalue weighted by atomic mass is 10.1. The summed E-state index contributed by atoms with van der Waals surface area (Å²) in [5, 5.41) is 15.0. The van der Waals surface area contributed by atoms with Crippen molar-refractivity contribution in [2.24, 2.45) is 5.16 Å². The summed E-state index contributed by atoms with van der Waals surface area (Å²) in [5.41, 5.74) is 1.94. The quantitative estimate of drug-likeness (QED) is 0.277. The van der Waals surface area contributed by atoms with Gasteiger partial charge >= 0.3 is 0 Å². The monoisotopic (exact) mass is 304 g/mol. The van der Waals surface area contributed by atoms with Gasteiger partial charge in [0.1, 0.15) is 0 Å². The first kappa shape index (κ1) is 18.2. The van der Waals surface area contributed by atoms with Crippen molar-refractivity contribution in [2.75, 3.05) is 5.32 Å². The fourth-order valence-electron chi connectivity index (χ4n) is 2.42. The van der Waals surface area contributed by atoms with Crippen molar-refractivity contribution in [3.05, 3.63) is 29.8 Å². The number of nitrogens with one attached hydrogen (secondary N) is 1. The van der Waals surface area contributed by atoms with Crippen LogP contribution >= 0.6 is 0 Å². The number of oxime groups is 1. The fourth-order valence-corrected chi connectivity index (χ4v) is 2.42. The van der Waals surface area contributed by atoms with Crippen molar-refractivity contribution < 1.29 is 10.0 Å². The van der Waals surface area contributed by atoms with E-state index >= 15 is 0 Å². The average molecular weight is 304 g/mol. The summed E-state index contributed by atoms with van der Waals surface area (Å²) in [4.78, 5) is 12.0. The zero-order chi connectivity index (χ0) is 16.2. The van der Waals surface area contributed by atoms with E-state index in [0.29, 0.717) is 17.8 Å². The van der Waals surface area contributed by atoms with Gasteiger partial charge in [0, 0.05) is 17.7 Å². The molecule has 122 valence electrons. The molecule has 22 heavy (non-hydrogen) atoms. The van der Waals surface area contributed by atoms with Crippen LogP contribution < -0.4 is 5.32 Å². The van der Waals surface area contributed by atoms with E-state index in [1.807, 2.05) is 24.3 Å². The van der Waals surface area contributed by atoms with Crippen LogP contribution in [-0.4, -0.2) is 16.8 Å². The molecule has 0 bridgehead atoms. The number of unbranched alkanes of at least 4 members (excludes halogenated alkanes) is 6. The van der Waals surface area contributed by atoms with Gasteiger partial charge < -0.3 is 10.5 Å². The number of carbonyl (C=O) groups excluding carboxylic acids is 1. The zero-order valence-electron chi connectivity index (χ0n) is 13.8. The van der Waals surface area contributed by atoms with Crippen LogP contribution in [0.2, 0.25) is 0 Å². The lowest BCUT2D eigenvalue weighted by Crippen LogP contribution is -2.13. The van der Waals surface area contributed by atoms with Crippen LogP contribution in [0.15, 0.2) is 29.4 Å². The van der Waals surface area contributed by atoms with E-state index in [4.69, 9.17) is 5.21 Å². The summed E-state index contributed by atoms with van der Waals surface area (Å²) < 4.78 is 0. The van der Waals surface area contributed by atoms with Crippen LogP contribution in [0, 0.1) is 0 Å². The number of anilines is 1. The van der Waals surface area contributed by atoms with Crippen LogP contribution in [0.25, 0.3) is 0 Å². The molecular formula is C18H28N2O2. The Morgan fingerprint density at radius 2 is 1.73 bits per heavy atom. The number of hydrogen-bond donors (Lipinski definition) is 2. The molecule has 0 atom stereocenters. The van der Waals surface area contributed by atoms with Crippen LogP contribution in [0.1, 0.15) is 70.8 Å². The molecular weight excluding hydrogens is 276 g/mol. The normalized spacial score (nSPS) is 11.5. The van der Waals surface area contributed by atoms with Gasteiger partial charge in [-0.2, -0.15) is 0 Å². The number of nitrogens with zero attached hydrogens (tertiary/aromatic N) is 1. The van der Waals surface area contributed by atoms with Gasteiger partial charge in [-0.1, -0.05) is 68.8 Å². The molecule has 0 saturated heterocycles. The Kier molecular flexibility index (Phi) is 8.96. The highest BCUT2D eigenvalue weighted by Crippen LogP contribution is 2.17. The Hall–Kier alpha value is -1.84. The number of hydrogen-bond acceptors (Lipinski definition) is 3. The number of rotatable bonds is 10. The molecule has 4 heteroatoms. The van der Waals surface area contributed by atoms with Gasteiger partial charge in [-0.15, -0.1) is 0 Å². The lowest BCUT2D eigenvalue weighted by molar-refractivity contribution is -0.116. The third-order valence-electron chi connectivity index (χ3n) is 3.75. The van der Waals surface area contributed by atoms with E-state index in [1.54, 1.807) is 6.92 Å². The summed E-state index contributed by atoms with van der Waals surface area (Å²) in [6.07, 6.45) is 8.92. The van der Waals surface area contributed by atoms with Gasteiger partial charge in [-0.3, -0.25) is 4.79 Å². The summed E-state index contributed by atoms with van der Waals surface area (Å²) in [6.45, 7) is 3.92. The number of carbonyl (C=O) groups is 1. The molecule has 1 amide bonds. The number of amides is 1. The molecule has 0 fully saturated rings. The number of benzene rings is 1. The zero-order valence-corrected chi connectivity index (χ0v) is 13.8. The second-order valence-electron chi connectivity index (χ2n) is 5.65. The molecule has 0 aromatic heterocycles. The third-order valence-corrected chi connectivity index (χ3v) is 3.75. The maximum Gasteiger partial charge on any atom is 0.224 e. The Labute approximate surface area is 133 Å². The van der Waals surface area contributed by atoms with Crippen molar-refractivity contribution in [3.8, 4) is 0 Å². The Balaban J connectivity index is 2.34. The highest BCUT2D eigenvalue weighted by atomic mass is 16.4. The summed E-state index contributed by atoms with van der Waals surface area (Å²) in [6, 6.07) is 7.37. The molecule has 0 radical (unpaired) electrons. The first-order valence-electron chi connectivity index (χ1n) is 8.27. The second-order valence-corrected chi connectivity index (χ2v) is 5.65. The predicted octanol–water partition coefficient (Wildman–Crippen LogP) is 4.96. The minimum absolute atomic E-state index is 0.0201. The molecule has 1 aromatic rings. The molecule has 2 N–H and O–H groups in total.